The van der Waals surface area contributed by atoms with Crippen molar-refractivity contribution in [2.45, 2.75) is 31.4 Å². The van der Waals surface area contributed by atoms with Gasteiger partial charge in [-0.2, -0.15) is 0 Å². The number of amides is 2. The number of carbonyl (C=O) groups is 2. The zero-order valence-corrected chi connectivity index (χ0v) is 17.7. The number of carbonyl (C=O) groups excluding carboxylic acids is 2. The molecule has 6 nitrogen and oxygen atoms in total. The molecule has 2 amide bonds. The number of para-hydroxylation sites is 1. The number of aromatic amines is 1. The summed E-state index contributed by atoms with van der Waals surface area (Å²) in [6.07, 6.45) is 0.701. The van der Waals surface area contributed by atoms with Crippen molar-refractivity contribution in [3.63, 3.8) is 0 Å². The molecule has 0 bridgehead atoms. The number of piperidine rings is 1. The van der Waals surface area contributed by atoms with Crippen molar-refractivity contribution >= 4 is 34.5 Å². The number of alkyl halides is 2. The molecule has 4 rings (SSSR count). The molecule has 2 saturated heterocycles. The second-order valence-electron chi connectivity index (χ2n) is 7.93. The van der Waals surface area contributed by atoms with Gasteiger partial charge in [0.2, 0.25) is 5.91 Å². The lowest BCUT2D eigenvalue weighted by atomic mass is 10.0. The van der Waals surface area contributed by atoms with Gasteiger partial charge >= 0.3 is 0 Å². The molecule has 1 aromatic heterocycles. The summed E-state index contributed by atoms with van der Waals surface area (Å²) >= 11 is 1.58. The highest BCUT2D eigenvalue weighted by Gasteiger charge is 2.39. The van der Waals surface area contributed by atoms with E-state index in [1.54, 1.807) is 39.7 Å². The van der Waals surface area contributed by atoms with Crippen LogP contribution in [0.2, 0.25) is 0 Å². The summed E-state index contributed by atoms with van der Waals surface area (Å²) in [4.78, 5) is 34.6. The molecule has 1 aromatic carbocycles. The fraction of sp³-hybridized carbons (Fsp3) is 0.524. The fourth-order valence-electron chi connectivity index (χ4n) is 4.36. The van der Waals surface area contributed by atoms with E-state index in [1.807, 2.05) is 24.3 Å². The molecule has 0 aliphatic carbocycles. The minimum absolute atomic E-state index is 0.0387. The van der Waals surface area contributed by atoms with E-state index in [2.05, 4.69) is 4.98 Å². The van der Waals surface area contributed by atoms with Gasteiger partial charge in [0.25, 0.3) is 12.3 Å². The number of H-pyrrole nitrogens is 1. The van der Waals surface area contributed by atoms with Gasteiger partial charge in [-0.05, 0) is 26.0 Å². The van der Waals surface area contributed by atoms with Crippen LogP contribution in [0.25, 0.3) is 10.9 Å². The van der Waals surface area contributed by atoms with Gasteiger partial charge in [0, 0.05) is 42.0 Å². The maximum Gasteiger partial charge on any atom is 0.257 e. The summed E-state index contributed by atoms with van der Waals surface area (Å²) in [6.45, 7) is 0.825. The number of hydrogen-bond donors (Lipinski definition) is 1. The number of hydrogen-bond acceptors (Lipinski definition) is 4. The average Bonchev–Trinajstić information content (AvgIpc) is 3.40. The Labute approximate surface area is 178 Å². The Kier molecular flexibility index (Phi) is 6.29. The Morgan fingerprint density at radius 1 is 1.27 bits per heavy atom. The first-order chi connectivity index (χ1) is 14.5. The van der Waals surface area contributed by atoms with E-state index < -0.39 is 12.5 Å². The molecule has 2 aliphatic heterocycles. The van der Waals surface area contributed by atoms with Crippen molar-refractivity contribution in [3.8, 4) is 0 Å². The Hall–Kier alpha value is -2.13. The first-order valence-electron chi connectivity index (χ1n) is 10.2. The van der Waals surface area contributed by atoms with Gasteiger partial charge in [-0.15, -0.1) is 11.8 Å². The van der Waals surface area contributed by atoms with Crippen LogP contribution >= 0.6 is 11.8 Å². The Bertz CT molecular complexity index is 913. The smallest absolute Gasteiger partial charge is 0.257 e. The SMILES string of the molecule is CN(CC(F)F)C1CCN(C(=O)C2CSCN2C(=O)c2c[nH]c3ccccc23)CC1. The largest absolute Gasteiger partial charge is 0.360 e. The predicted molar refractivity (Wildman–Crippen MR) is 114 cm³/mol. The van der Waals surface area contributed by atoms with Crippen LogP contribution in [0.3, 0.4) is 0 Å². The quantitative estimate of drug-likeness (QED) is 0.783. The molecule has 2 fully saturated rings. The average molecular weight is 437 g/mol. The van der Waals surface area contributed by atoms with Crippen molar-refractivity contribution in [3.05, 3.63) is 36.0 Å². The minimum atomic E-state index is -2.35. The zero-order chi connectivity index (χ0) is 21.3. The first kappa shape index (κ1) is 21.1. The van der Waals surface area contributed by atoms with Crippen LogP contribution in [-0.4, -0.2) is 88.3 Å². The van der Waals surface area contributed by atoms with Crippen LogP contribution in [0.5, 0.6) is 0 Å². The number of likely N-dealkylation sites (tertiary alicyclic amines) is 1. The minimum Gasteiger partial charge on any atom is -0.360 e. The monoisotopic (exact) mass is 436 g/mol. The summed E-state index contributed by atoms with van der Waals surface area (Å²) in [5.74, 6) is 0.894. The van der Waals surface area contributed by atoms with Crippen LogP contribution in [0.15, 0.2) is 30.5 Å². The highest BCUT2D eigenvalue weighted by Crippen LogP contribution is 2.28. The third kappa shape index (κ3) is 4.18. The summed E-state index contributed by atoms with van der Waals surface area (Å²) in [5.41, 5.74) is 1.48. The number of nitrogens with zero attached hydrogens (tertiary/aromatic N) is 3. The van der Waals surface area contributed by atoms with Gasteiger partial charge < -0.3 is 14.8 Å². The van der Waals surface area contributed by atoms with E-state index in [1.165, 1.54) is 0 Å². The third-order valence-corrected chi connectivity index (χ3v) is 7.09. The topological polar surface area (TPSA) is 59.6 Å². The molecule has 1 N–H and O–H groups in total. The van der Waals surface area contributed by atoms with Crippen molar-refractivity contribution in [1.29, 1.82) is 0 Å². The molecule has 0 spiro atoms. The van der Waals surface area contributed by atoms with Crippen LogP contribution in [0.1, 0.15) is 23.2 Å². The van der Waals surface area contributed by atoms with E-state index in [-0.39, 0.29) is 24.4 Å². The van der Waals surface area contributed by atoms with Gasteiger partial charge in [-0.25, -0.2) is 8.78 Å². The number of halogens is 2. The van der Waals surface area contributed by atoms with Gasteiger partial charge in [-0.1, -0.05) is 18.2 Å². The molecule has 9 heteroatoms. The van der Waals surface area contributed by atoms with E-state index in [4.69, 9.17) is 0 Å². The molecule has 1 atom stereocenters. The van der Waals surface area contributed by atoms with Gasteiger partial charge in [0.15, 0.2) is 0 Å². The standard InChI is InChI=1S/C21H26F2N4O2S/c1-25(11-19(22)23)14-6-8-26(9-7-14)21(29)18-12-30-13-27(18)20(28)16-10-24-17-5-3-2-4-15(16)17/h2-5,10,14,18-19,24H,6-9,11-13H2,1H3. The van der Waals surface area contributed by atoms with Crippen molar-refractivity contribution < 1.29 is 18.4 Å². The number of thioether (sulfide) groups is 1. The fourth-order valence-corrected chi connectivity index (χ4v) is 5.50. The molecular weight excluding hydrogens is 410 g/mol. The van der Waals surface area contributed by atoms with Crippen LogP contribution in [0.4, 0.5) is 8.78 Å². The summed E-state index contributed by atoms with van der Waals surface area (Å²) in [5, 5.41) is 0.855. The normalized spacial score (nSPS) is 20.6. The number of rotatable bonds is 5. The number of nitrogens with one attached hydrogen (secondary N) is 1. The van der Waals surface area contributed by atoms with Gasteiger partial charge in [0.1, 0.15) is 6.04 Å². The molecule has 2 aliphatic rings. The summed E-state index contributed by atoms with van der Waals surface area (Å²) < 4.78 is 25.3. The second-order valence-corrected chi connectivity index (χ2v) is 8.93. The molecule has 0 radical (unpaired) electrons. The van der Waals surface area contributed by atoms with Crippen molar-refractivity contribution in [1.82, 2.24) is 19.7 Å². The molecule has 2 aromatic rings. The van der Waals surface area contributed by atoms with E-state index in [9.17, 15) is 18.4 Å². The molecule has 30 heavy (non-hydrogen) atoms. The lowest BCUT2D eigenvalue weighted by Crippen LogP contribution is -2.53. The van der Waals surface area contributed by atoms with Crippen molar-refractivity contribution in [2.75, 3.05) is 38.3 Å². The zero-order valence-electron chi connectivity index (χ0n) is 16.9. The first-order valence-corrected chi connectivity index (χ1v) is 11.3. The second kappa shape index (κ2) is 8.93. The number of aromatic nitrogens is 1. The van der Waals surface area contributed by atoms with Crippen molar-refractivity contribution in [2.24, 2.45) is 0 Å². The molecular formula is C21H26F2N4O2S. The Morgan fingerprint density at radius 3 is 2.73 bits per heavy atom. The Morgan fingerprint density at radius 2 is 2.00 bits per heavy atom. The summed E-state index contributed by atoms with van der Waals surface area (Å²) in [6, 6.07) is 7.20. The highest BCUT2D eigenvalue weighted by atomic mass is 32.2. The van der Waals surface area contributed by atoms with Gasteiger partial charge in [-0.3, -0.25) is 14.5 Å². The predicted octanol–water partition coefficient (Wildman–Crippen LogP) is 2.87. The third-order valence-electron chi connectivity index (χ3n) is 6.07. The lowest BCUT2D eigenvalue weighted by molar-refractivity contribution is -0.136. The van der Waals surface area contributed by atoms with E-state index in [0.717, 1.165) is 10.9 Å². The molecule has 0 saturated carbocycles. The highest BCUT2D eigenvalue weighted by molar-refractivity contribution is 7.99. The molecule has 162 valence electrons. The van der Waals surface area contributed by atoms with E-state index in [0.29, 0.717) is 43.1 Å². The van der Waals surface area contributed by atoms with Crippen LogP contribution < -0.4 is 0 Å². The maximum absolute atomic E-state index is 13.2. The van der Waals surface area contributed by atoms with E-state index >= 15 is 0 Å². The number of fused-ring (bicyclic) bond motifs is 1. The molecule has 1 unspecified atom stereocenters. The maximum atomic E-state index is 13.2. The van der Waals surface area contributed by atoms with Crippen LogP contribution in [-0.2, 0) is 4.79 Å². The number of benzene rings is 1. The van der Waals surface area contributed by atoms with Gasteiger partial charge in [0.05, 0.1) is 18.0 Å². The lowest BCUT2D eigenvalue weighted by Gasteiger charge is -2.38. The Balaban J connectivity index is 1.41. The van der Waals surface area contributed by atoms with Crippen LogP contribution in [0, 0.1) is 0 Å². The summed E-state index contributed by atoms with van der Waals surface area (Å²) in [7, 11) is 1.71. The molecule has 3 heterocycles.